The van der Waals surface area contributed by atoms with Crippen molar-refractivity contribution in [1.82, 2.24) is 15.1 Å². The van der Waals surface area contributed by atoms with E-state index >= 15 is 0 Å². The first kappa shape index (κ1) is 17.8. The molecule has 1 aromatic carbocycles. The molecular weight excluding hydrogens is 297 g/mol. The maximum absolute atomic E-state index is 13.5. The normalized spacial score (nSPS) is 17.9. The van der Waals surface area contributed by atoms with E-state index in [-0.39, 0.29) is 17.8 Å². The molecule has 23 heavy (non-hydrogen) atoms. The second-order valence-electron chi connectivity index (χ2n) is 6.29. The highest BCUT2D eigenvalue weighted by Crippen LogP contribution is 2.09. The predicted molar refractivity (Wildman–Crippen MR) is 87.5 cm³/mol. The van der Waals surface area contributed by atoms with Crippen LogP contribution in [0.1, 0.15) is 18.1 Å². The van der Waals surface area contributed by atoms with Crippen LogP contribution in [0.2, 0.25) is 0 Å². The highest BCUT2D eigenvalue weighted by molar-refractivity contribution is 5.78. The summed E-state index contributed by atoms with van der Waals surface area (Å²) in [6.07, 6.45) is -0.320. The number of aryl methyl sites for hydroxylation is 1. The van der Waals surface area contributed by atoms with Crippen molar-refractivity contribution < 1.29 is 14.3 Å². The first-order valence-electron chi connectivity index (χ1n) is 8.08. The van der Waals surface area contributed by atoms with Crippen molar-refractivity contribution in [1.29, 1.82) is 0 Å². The minimum absolute atomic E-state index is 0.0463. The third kappa shape index (κ3) is 5.89. The summed E-state index contributed by atoms with van der Waals surface area (Å²) in [7, 11) is 0. The zero-order valence-corrected chi connectivity index (χ0v) is 13.9. The third-order valence-corrected chi connectivity index (χ3v) is 4.08. The lowest BCUT2D eigenvalue weighted by molar-refractivity contribution is -0.122. The zero-order chi connectivity index (χ0) is 16.8. The summed E-state index contributed by atoms with van der Waals surface area (Å²) in [5.74, 6) is -0.291. The van der Waals surface area contributed by atoms with E-state index in [0.717, 1.165) is 31.7 Å². The Bertz CT molecular complexity index is 529. The third-order valence-electron chi connectivity index (χ3n) is 4.08. The Hall–Kier alpha value is -1.50. The van der Waals surface area contributed by atoms with Crippen LogP contribution in [-0.4, -0.2) is 66.2 Å². The lowest BCUT2D eigenvalue weighted by Crippen LogP contribution is -2.50. The van der Waals surface area contributed by atoms with Gasteiger partial charge >= 0.3 is 0 Å². The molecule has 0 aromatic heterocycles. The number of halogens is 1. The van der Waals surface area contributed by atoms with Crippen LogP contribution in [0, 0.1) is 12.7 Å². The molecule has 0 unspecified atom stereocenters. The van der Waals surface area contributed by atoms with Gasteiger partial charge in [-0.2, -0.15) is 0 Å². The number of β-amino-alcohol motifs (C(OH)–C–C–N with tert-alkyl or cyclic N) is 1. The molecule has 6 heteroatoms. The van der Waals surface area contributed by atoms with E-state index in [2.05, 4.69) is 15.1 Å². The number of nitrogens with zero attached hydrogens (tertiary/aromatic N) is 2. The van der Waals surface area contributed by atoms with Gasteiger partial charge in [-0.05, 0) is 31.0 Å². The van der Waals surface area contributed by atoms with Crippen LogP contribution >= 0.6 is 0 Å². The van der Waals surface area contributed by atoms with Crippen molar-refractivity contribution in [2.24, 2.45) is 0 Å². The molecule has 0 radical (unpaired) electrons. The fourth-order valence-corrected chi connectivity index (χ4v) is 2.71. The Labute approximate surface area is 137 Å². The molecule has 1 amide bonds. The monoisotopic (exact) mass is 323 g/mol. The maximum atomic E-state index is 13.5. The minimum atomic E-state index is -0.320. The fourth-order valence-electron chi connectivity index (χ4n) is 2.71. The number of aliphatic hydroxyl groups is 1. The molecule has 1 aromatic rings. The van der Waals surface area contributed by atoms with Crippen molar-refractivity contribution in [2.75, 3.05) is 39.3 Å². The van der Waals surface area contributed by atoms with Crippen LogP contribution in [0.5, 0.6) is 0 Å². The molecular formula is C17H26FN3O2. The SMILES string of the molecule is Cc1ccc(CNC(=O)CN2CCN(C[C@H](C)O)CC2)cc1F. The molecule has 128 valence electrons. The summed E-state index contributed by atoms with van der Waals surface area (Å²) in [4.78, 5) is 16.3. The average molecular weight is 323 g/mol. The number of carbonyl (C=O) groups excluding carboxylic acids is 1. The van der Waals surface area contributed by atoms with Gasteiger partial charge in [0.05, 0.1) is 12.6 Å². The highest BCUT2D eigenvalue weighted by Gasteiger charge is 2.19. The molecule has 0 aliphatic carbocycles. The van der Waals surface area contributed by atoms with Gasteiger partial charge in [0, 0.05) is 39.3 Å². The summed E-state index contributed by atoms with van der Waals surface area (Å²) in [5.41, 5.74) is 1.37. The van der Waals surface area contributed by atoms with Crippen molar-refractivity contribution in [3.8, 4) is 0 Å². The minimum Gasteiger partial charge on any atom is -0.392 e. The number of amides is 1. The van der Waals surface area contributed by atoms with Crippen LogP contribution in [-0.2, 0) is 11.3 Å². The van der Waals surface area contributed by atoms with E-state index in [9.17, 15) is 14.3 Å². The second-order valence-corrected chi connectivity index (χ2v) is 6.29. The van der Waals surface area contributed by atoms with E-state index in [0.29, 0.717) is 25.2 Å². The molecule has 0 bridgehead atoms. The number of rotatable bonds is 6. The van der Waals surface area contributed by atoms with Crippen molar-refractivity contribution in [2.45, 2.75) is 26.5 Å². The van der Waals surface area contributed by atoms with Crippen LogP contribution in [0.25, 0.3) is 0 Å². The van der Waals surface area contributed by atoms with Gasteiger partial charge in [-0.1, -0.05) is 12.1 Å². The first-order chi connectivity index (χ1) is 10.9. The predicted octanol–water partition coefficient (Wildman–Crippen LogP) is 0.749. The number of carbonyl (C=O) groups is 1. The molecule has 0 saturated carbocycles. The summed E-state index contributed by atoms with van der Waals surface area (Å²) < 4.78 is 13.5. The van der Waals surface area contributed by atoms with Gasteiger partial charge in [-0.25, -0.2) is 4.39 Å². The van der Waals surface area contributed by atoms with Crippen LogP contribution in [0.15, 0.2) is 18.2 Å². The van der Waals surface area contributed by atoms with Gasteiger partial charge in [0.25, 0.3) is 0 Å². The summed E-state index contributed by atoms with van der Waals surface area (Å²) >= 11 is 0. The van der Waals surface area contributed by atoms with Gasteiger partial charge < -0.3 is 10.4 Å². The quantitative estimate of drug-likeness (QED) is 0.811. The van der Waals surface area contributed by atoms with Gasteiger partial charge in [0.15, 0.2) is 0 Å². The highest BCUT2D eigenvalue weighted by atomic mass is 19.1. The number of benzene rings is 1. The van der Waals surface area contributed by atoms with Crippen molar-refractivity contribution >= 4 is 5.91 Å². The lowest BCUT2D eigenvalue weighted by Gasteiger charge is -2.34. The number of nitrogens with one attached hydrogen (secondary N) is 1. The lowest BCUT2D eigenvalue weighted by atomic mass is 10.1. The van der Waals surface area contributed by atoms with Gasteiger partial charge in [-0.3, -0.25) is 14.6 Å². The average Bonchev–Trinajstić information content (AvgIpc) is 2.50. The molecule has 2 rings (SSSR count). The molecule has 1 saturated heterocycles. The molecule has 1 fully saturated rings. The molecule has 2 N–H and O–H groups in total. The van der Waals surface area contributed by atoms with E-state index in [1.54, 1.807) is 19.9 Å². The Balaban J connectivity index is 1.70. The first-order valence-corrected chi connectivity index (χ1v) is 8.08. The fraction of sp³-hybridized carbons (Fsp3) is 0.588. The summed E-state index contributed by atoms with van der Waals surface area (Å²) in [5, 5.41) is 12.2. The number of hydrogen-bond acceptors (Lipinski definition) is 4. The van der Waals surface area contributed by atoms with E-state index in [1.807, 2.05) is 6.07 Å². The molecule has 0 spiro atoms. The van der Waals surface area contributed by atoms with Crippen LogP contribution in [0.3, 0.4) is 0 Å². The Morgan fingerprint density at radius 2 is 1.96 bits per heavy atom. The molecule has 1 aliphatic heterocycles. The largest absolute Gasteiger partial charge is 0.392 e. The van der Waals surface area contributed by atoms with Crippen molar-refractivity contribution in [3.63, 3.8) is 0 Å². The summed E-state index contributed by atoms with van der Waals surface area (Å²) in [6, 6.07) is 5.01. The smallest absolute Gasteiger partial charge is 0.234 e. The standard InChI is InChI=1S/C17H26FN3O2/c1-13-3-4-15(9-16(13)18)10-19-17(23)12-21-7-5-20(6-8-21)11-14(2)22/h3-4,9,14,22H,5-8,10-12H2,1-2H3,(H,19,23)/t14-/m0/s1. The van der Waals surface area contributed by atoms with E-state index in [1.165, 1.54) is 6.07 Å². The van der Waals surface area contributed by atoms with Gasteiger partial charge in [0.1, 0.15) is 5.82 Å². The zero-order valence-electron chi connectivity index (χ0n) is 13.9. The number of hydrogen-bond donors (Lipinski definition) is 2. The Morgan fingerprint density at radius 3 is 2.57 bits per heavy atom. The topological polar surface area (TPSA) is 55.8 Å². The molecule has 1 aliphatic rings. The Kier molecular flexibility index (Phi) is 6.50. The van der Waals surface area contributed by atoms with Crippen LogP contribution in [0.4, 0.5) is 4.39 Å². The molecule has 5 nitrogen and oxygen atoms in total. The maximum Gasteiger partial charge on any atom is 0.234 e. The van der Waals surface area contributed by atoms with E-state index < -0.39 is 0 Å². The summed E-state index contributed by atoms with van der Waals surface area (Å²) in [6.45, 7) is 8.25. The van der Waals surface area contributed by atoms with E-state index in [4.69, 9.17) is 0 Å². The number of piperazine rings is 1. The Morgan fingerprint density at radius 1 is 1.30 bits per heavy atom. The van der Waals surface area contributed by atoms with Crippen molar-refractivity contribution in [3.05, 3.63) is 35.1 Å². The molecule has 1 atom stereocenters. The molecule has 1 heterocycles. The number of aliphatic hydroxyl groups excluding tert-OH is 1. The van der Waals surface area contributed by atoms with Gasteiger partial charge in [0.2, 0.25) is 5.91 Å². The van der Waals surface area contributed by atoms with Crippen LogP contribution < -0.4 is 5.32 Å². The second kappa shape index (κ2) is 8.38. The van der Waals surface area contributed by atoms with Gasteiger partial charge in [-0.15, -0.1) is 0 Å².